The number of rotatable bonds is 4. The summed E-state index contributed by atoms with van der Waals surface area (Å²) in [5, 5.41) is 5.14. The molecule has 2 rings (SSSR count). The topological polar surface area (TPSA) is 69.4 Å². The average Bonchev–Trinajstić information content (AvgIpc) is 2.40. The highest BCUT2D eigenvalue weighted by Gasteiger charge is 2.16. The molecule has 0 aliphatic carbocycles. The Labute approximate surface area is 134 Å². The Hall–Kier alpha value is -1.15. The molecule has 4 nitrogen and oxygen atoms in total. The Bertz CT molecular complexity index is 783. The second-order valence-corrected chi connectivity index (χ2v) is 7.03. The lowest BCUT2D eigenvalue weighted by Gasteiger charge is -2.11. The third-order valence-corrected chi connectivity index (χ3v) is 4.32. The van der Waals surface area contributed by atoms with Gasteiger partial charge in [-0.1, -0.05) is 33.6 Å². The van der Waals surface area contributed by atoms with E-state index in [-0.39, 0.29) is 22.3 Å². The van der Waals surface area contributed by atoms with Gasteiger partial charge in [-0.05, 0) is 35.9 Å². The van der Waals surface area contributed by atoms with Crippen molar-refractivity contribution in [3.8, 4) is 5.75 Å². The van der Waals surface area contributed by atoms with Crippen LogP contribution >= 0.6 is 27.5 Å². The number of primary sulfonamides is 1. The average molecular weight is 395 g/mol. The van der Waals surface area contributed by atoms with E-state index in [4.69, 9.17) is 21.5 Å². The zero-order chi connectivity index (χ0) is 15.6. The van der Waals surface area contributed by atoms with Crippen molar-refractivity contribution in [2.75, 3.05) is 0 Å². The van der Waals surface area contributed by atoms with Crippen molar-refractivity contribution in [1.29, 1.82) is 0 Å². The Morgan fingerprint density at radius 1 is 1.24 bits per heavy atom. The maximum atomic E-state index is 13.3. The zero-order valence-electron chi connectivity index (χ0n) is 10.5. The van der Waals surface area contributed by atoms with Crippen LogP contribution in [0.1, 0.15) is 5.56 Å². The first kappa shape index (κ1) is 16.2. The molecule has 0 heterocycles. The summed E-state index contributed by atoms with van der Waals surface area (Å²) >= 11 is 8.75. The third-order valence-electron chi connectivity index (χ3n) is 2.59. The second-order valence-electron chi connectivity index (χ2n) is 4.17. The predicted molar refractivity (Wildman–Crippen MR) is 81.3 cm³/mol. The van der Waals surface area contributed by atoms with Crippen LogP contribution in [-0.2, 0) is 16.6 Å². The summed E-state index contributed by atoms with van der Waals surface area (Å²) in [5.74, 6) is -0.476. The number of hydrogen-bond donors (Lipinski definition) is 1. The van der Waals surface area contributed by atoms with Crippen LogP contribution in [0.3, 0.4) is 0 Å². The molecule has 0 amide bonds. The van der Waals surface area contributed by atoms with Crippen LogP contribution in [0.2, 0.25) is 5.02 Å². The molecule has 0 aromatic heterocycles. The Morgan fingerprint density at radius 2 is 1.95 bits per heavy atom. The van der Waals surface area contributed by atoms with Crippen LogP contribution in [0, 0.1) is 5.82 Å². The monoisotopic (exact) mass is 393 g/mol. The smallest absolute Gasteiger partial charge is 0.241 e. The van der Waals surface area contributed by atoms with E-state index in [2.05, 4.69) is 15.9 Å². The molecule has 0 saturated heterocycles. The number of hydrogen-bond acceptors (Lipinski definition) is 3. The van der Waals surface area contributed by atoms with Crippen molar-refractivity contribution in [3.63, 3.8) is 0 Å². The van der Waals surface area contributed by atoms with Gasteiger partial charge in [0.1, 0.15) is 23.1 Å². The first-order chi connectivity index (χ1) is 9.77. The molecule has 2 N–H and O–H groups in total. The van der Waals surface area contributed by atoms with Crippen LogP contribution in [0.5, 0.6) is 5.75 Å². The van der Waals surface area contributed by atoms with Crippen molar-refractivity contribution in [1.82, 2.24) is 0 Å². The van der Waals surface area contributed by atoms with E-state index in [1.54, 1.807) is 12.1 Å². The molecule has 0 aliphatic rings. The normalized spacial score (nSPS) is 11.4. The lowest BCUT2D eigenvalue weighted by atomic mass is 10.2. The molecule has 2 aromatic rings. The lowest BCUT2D eigenvalue weighted by molar-refractivity contribution is 0.297. The van der Waals surface area contributed by atoms with Gasteiger partial charge < -0.3 is 4.74 Å². The van der Waals surface area contributed by atoms with Crippen LogP contribution in [0.4, 0.5) is 4.39 Å². The van der Waals surface area contributed by atoms with Crippen molar-refractivity contribution >= 4 is 37.6 Å². The van der Waals surface area contributed by atoms with Gasteiger partial charge >= 0.3 is 0 Å². The molecule has 0 fully saturated rings. The van der Waals surface area contributed by atoms with E-state index < -0.39 is 15.8 Å². The first-order valence-corrected chi connectivity index (χ1v) is 8.38. The summed E-state index contributed by atoms with van der Waals surface area (Å²) in [6.07, 6.45) is 0. The van der Waals surface area contributed by atoms with Gasteiger partial charge in [-0.15, -0.1) is 0 Å². The number of halogens is 3. The predicted octanol–water partition coefficient (Wildman–Crippen LogP) is 3.47. The molecule has 0 unspecified atom stereocenters. The Kier molecular flexibility index (Phi) is 4.88. The van der Waals surface area contributed by atoms with Crippen molar-refractivity contribution in [2.45, 2.75) is 11.5 Å². The van der Waals surface area contributed by atoms with Gasteiger partial charge in [0.25, 0.3) is 0 Å². The maximum absolute atomic E-state index is 13.3. The molecule has 0 atom stereocenters. The molecule has 0 saturated carbocycles. The highest BCUT2D eigenvalue weighted by molar-refractivity contribution is 9.10. The van der Waals surface area contributed by atoms with Gasteiger partial charge in [0.05, 0.1) is 5.02 Å². The zero-order valence-corrected chi connectivity index (χ0v) is 13.7. The van der Waals surface area contributed by atoms with E-state index in [0.717, 1.165) is 0 Å². The van der Waals surface area contributed by atoms with Gasteiger partial charge in [-0.2, -0.15) is 0 Å². The number of ether oxygens (including phenoxy) is 1. The highest BCUT2D eigenvalue weighted by Crippen LogP contribution is 2.27. The van der Waals surface area contributed by atoms with Crippen LogP contribution in [0.15, 0.2) is 45.8 Å². The summed E-state index contributed by atoms with van der Waals surface area (Å²) in [6, 6.07) is 8.63. The van der Waals surface area contributed by atoms with E-state index in [1.165, 1.54) is 24.3 Å². The first-order valence-electron chi connectivity index (χ1n) is 5.66. The van der Waals surface area contributed by atoms with Gasteiger partial charge in [-0.3, -0.25) is 0 Å². The fraction of sp³-hybridized carbons (Fsp3) is 0.0769. The van der Waals surface area contributed by atoms with E-state index >= 15 is 0 Å². The largest absolute Gasteiger partial charge is 0.487 e. The molecule has 0 aliphatic heterocycles. The van der Waals surface area contributed by atoms with E-state index in [0.29, 0.717) is 10.0 Å². The van der Waals surface area contributed by atoms with Crippen LogP contribution in [0.25, 0.3) is 0 Å². The SMILES string of the molecule is NS(=O)(=O)c1cc(Br)ccc1OCc1ccc(Cl)c(F)c1. The minimum Gasteiger partial charge on any atom is -0.487 e. The summed E-state index contributed by atoms with van der Waals surface area (Å²) in [5.41, 5.74) is 0.514. The third kappa shape index (κ3) is 4.16. The van der Waals surface area contributed by atoms with Gasteiger partial charge in [0.15, 0.2) is 0 Å². The molecular formula is C13H10BrClFNO3S. The van der Waals surface area contributed by atoms with Crippen LogP contribution < -0.4 is 9.88 Å². The fourth-order valence-electron chi connectivity index (χ4n) is 1.61. The minimum absolute atomic E-state index is 0.00705. The summed E-state index contributed by atoms with van der Waals surface area (Å²) in [7, 11) is -3.93. The standard InChI is InChI=1S/C13H10BrClFNO3S/c14-9-2-4-12(13(6-9)21(17,18)19)20-7-8-1-3-10(15)11(16)5-8/h1-6H,7H2,(H2,17,18,19). The van der Waals surface area contributed by atoms with Gasteiger partial charge in [-0.25, -0.2) is 17.9 Å². The molecule has 112 valence electrons. The Balaban J connectivity index is 2.26. The van der Waals surface area contributed by atoms with Crippen molar-refractivity contribution < 1.29 is 17.5 Å². The molecule has 21 heavy (non-hydrogen) atoms. The second kappa shape index (κ2) is 6.31. The maximum Gasteiger partial charge on any atom is 0.241 e. The molecule has 0 spiro atoms. The molecular weight excluding hydrogens is 385 g/mol. The van der Waals surface area contributed by atoms with Crippen molar-refractivity contribution in [2.24, 2.45) is 5.14 Å². The number of nitrogens with two attached hydrogens (primary N) is 1. The minimum atomic E-state index is -3.93. The lowest BCUT2D eigenvalue weighted by Crippen LogP contribution is -2.14. The quantitative estimate of drug-likeness (QED) is 0.863. The summed E-state index contributed by atoms with van der Waals surface area (Å²) < 4.78 is 42.3. The summed E-state index contributed by atoms with van der Waals surface area (Å²) in [6.45, 7) is -0.0156. The van der Waals surface area contributed by atoms with Gasteiger partial charge in [0, 0.05) is 4.47 Å². The van der Waals surface area contributed by atoms with E-state index in [1.807, 2.05) is 0 Å². The fourth-order valence-corrected chi connectivity index (χ4v) is 2.94. The van der Waals surface area contributed by atoms with E-state index in [9.17, 15) is 12.8 Å². The molecule has 8 heteroatoms. The summed E-state index contributed by atoms with van der Waals surface area (Å²) in [4.78, 5) is -0.147. The van der Waals surface area contributed by atoms with Crippen LogP contribution in [-0.4, -0.2) is 8.42 Å². The number of sulfonamides is 1. The number of benzene rings is 2. The van der Waals surface area contributed by atoms with Gasteiger partial charge in [0.2, 0.25) is 10.0 Å². The Morgan fingerprint density at radius 3 is 2.57 bits per heavy atom. The molecule has 0 radical (unpaired) electrons. The molecule has 2 aromatic carbocycles. The van der Waals surface area contributed by atoms with Crippen molar-refractivity contribution in [3.05, 3.63) is 57.3 Å². The highest BCUT2D eigenvalue weighted by atomic mass is 79.9. The molecule has 0 bridgehead atoms.